The monoisotopic (exact) mass is 277 g/mol. The minimum atomic E-state index is -0.812. The lowest BCUT2D eigenvalue weighted by Crippen LogP contribution is -2.40. The summed E-state index contributed by atoms with van der Waals surface area (Å²) in [6, 6.07) is 0. The fourth-order valence-corrected chi connectivity index (χ4v) is 2.56. The van der Waals surface area contributed by atoms with Crippen molar-refractivity contribution in [2.45, 2.75) is 38.5 Å². The standard InChI is InChI=1S/C12H20ClNO4/c13-6-7-18-11(17)14-9-12(8-10(15)16)4-2-1-3-5-12/h1-9H2,(H,14,17)(H,15,16). The zero-order valence-electron chi connectivity index (χ0n) is 10.4. The van der Waals surface area contributed by atoms with Gasteiger partial charge in [0.15, 0.2) is 0 Å². The second-order valence-electron chi connectivity index (χ2n) is 4.81. The summed E-state index contributed by atoms with van der Waals surface area (Å²) in [4.78, 5) is 22.3. The number of aliphatic carboxylic acids is 1. The average molecular weight is 278 g/mol. The third kappa shape index (κ3) is 5.12. The number of halogens is 1. The van der Waals surface area contributed by atoms with E-state index in [2.05, 4.69) is 5.32 Å². The van der Waals surface area contributed by atoms with E-state index in [1.807, 2.05) is 0 Å². The first kappa shape index (κ1) is 15.1. The molecule has 0 bridgehead atoms. The summed E-state index contributed by atoms with van der Waals surface area (Å²) in [6.07, 6.45) is 4.44. The number of nitrogens with one attached hydrogen (secondary N) is 1. The number of alkyl carbamates (subject to hydrolysis) is 1. The third-order valence-corrected chi connectivity index (χ3v) is 3.51. The van der Waals surface area contributed by atoms with Crippen molar-refractivity contribution in [3.8, 4) is 0 Å². The van der Waals surface area contributed by atoms with Crippen molar-refractivity contribution in [2.24, 2.45) is 5.41 Å². The number of hydrogen-bond donors (Lipinski definition) is 2. The Kier molecular flexibility index (Phi) is 6.25. The van der Waals surface area contributed by atoms with E-state index in [0.29, 0.717) is 6.54 Å². The lowest BCUT2D eigenvalue weighted by molar-refractivity contribution is -0.140. The number of rotatable bonds is 6. The van der Waals surface area contributed by atoms with Gasteiger partial charge in [0.2, 0.25) is 0 Å². The molecule has 0 aromatic carbocycles. The van der Waals surface area contributed by atoms with Crippen molar-refractivity contribution in [3.63, 3.8) is 0 Å². The van der Waals surface area contributed by atoms with Gasteiger partial charge in [-0.25, -0.2) is 4.79 Å². The Bertz CT molecular complexity index is 290. The van der Waals surface area contributed by atoms with Crippen LogP contribution in [0.25, 0.3) is 0 Å². The van der Waals surface area contributed by atoms with Crippen molar-refractivity contribution in [1.82, 2.24) is 5.32 Å². The Labute approximate surface area is 112 Å². The topological polar surface area (TPSA) is 75.6 Å². The minimum Gasteiger partial charge on any atom is -0.481 e. The summed E-state index contributed by atoms with van der Waals surface area (Å²) in [5.74, 6) is -0.555. The Balaban J connectivity index is 2.45. The summed E-state index contributed by atoms with van der Waals surface area (Å²) in [7, 11) is 0. The van der Waals surface area contributed by atoms with E-state index in [9.17, 15) is 9.59 Å². The minimum absolute atomic E-state index is 0.1000. The molecule has 104 valence electrons. The maximum absolute atomic E-state index is 11.3. The normalized spacial score (nSPS) is 18.1. The quantitative estimate of drug-likeness (QED) is 0.731. The molecule has 0 atom stereocenters. The van der Waals surface area contributed by atoms with Gasteiger partial charge in [0.25, 0.3) is 0 Å². The molecule has 2 N–H and O–H groups in total. The highest BCUT2D eigenvalue weighted by atomic mass is 35.5. The van der Waals surface area contributed by atoms with Crippen LogP contribution in [0.3, 0.4) is 0 Å². The second-order valence-corrected chi connectivity index (χ2v) is 5.19. The maximum atomic E-state index is 11.3. The van der Waals surface area contributed by atoms with Crippen LogP contribution in [0.4, 0.5) is 4.79 Å². The van der Waals surface area contributed by atoms with Gasteiger partial charge in [-0.1, -0.05) is 19.3 Å². The van der Waals surface area contributed by atoms with Crippen molar-refractivity contribution < 1.29 is 19.4 Å². The van der Waals surface area contributed by atoms with Crippen LogP contribution in [0.2, 0.25) is 0 Å². The molecule has 0 aromatic heterocycles. The number of carbonyl (C=O) groups excluding carboxylic acids is 1. The Morgan fingerprint density at radius 3 is 2.50 bits per heavy atom. The van der Waals surface area contributed by atoms with Crippen molar-refractivity contribution in [3.05, 3.63) is 0 Å². The summed E-state index contributed by atoms with van der Waals surface area (Å²) in [5, 5.41) is 11.6. The van der Waals surface area contributed by atoms with E-state index in [1.54, 1.807) is 0 Å². The predicted octanol–water partition coefficient (Wildman–Crippen LogP) is 2.38. The highest BCUT2D eigenvalue weighted by molar-refractivity contribution is 6.18. The zero-order valence-corrected chi connectivity index (χ0v) is 11.2. The molecular weight excluding hydrogens is 258 g/mol. The molecule has 0 spiro atoms. The molecule has 0 aromatic rings. The van der Waals surface area contributed by atoms with Crippen LogP contribution in [-0.2, 0) is 9.53 Å². The van der Waals surface area contributed by atoms with Crippen LogP contribution >= 0.6 is 11.6 Å². The van der Waals surface area contributed by atoms with Gasteiger partial charge in [-0.2, -0.15) is 0 Å². The first-order chi connectivity index (χ1) is 8.58. The number of alkyl halides is 1. The van der Waals surface area contributed by atoms with E-state index >= 15 is 0 Å². The smallest absolute Gasteiger partial charge is 0.407 e. The van der Waals surface area contributed by atoms with Gasteiger partial charge in [0.1, 0.15) is 6.61 Å². The molecule has 1 aliphatic rings. The highest BCUT2D eigenvalue weighted by Crippen LogP contribution is 2.38. The van der Waals surface area contributed by atoms with Gasteiger partial charge in [-0.15, -0.1) is 11.6 Å². The molecule has 0 heterocycles. The summed E-state index contributed by atoms with van der Waals surface area (Å²) in [5.41, 5.74) is -0.315. The lowest BCUT2D eigenvalue weighted by Gasteiger charge is -2.36. The first-order valence-corrected chi connectivity index (χ1v) is 6.80. The van der Waals surface area contributed by atoms with Gasteiger partial charge in [0, 0.05) is 6.54 Å². The Hall–Kier alpha value is -0.970. The van der Waals surface area contributed by atoms with Crippen LogP contribution in [0.5, 0.6) is 0 Å². The summed E-state index contributed by atoms with van der Waals surface area (Å²) >= 11 is 5.41. The Morgan fingerprint density at radius 2 is 1.94 bits per heavy atom. The van der Waals surface area contributed by atoms with E-state index in [-0.39, 0.29) is 24.3 Å². The van der Waals surface area contributed by atoms with Crippen LogP contribution in [0, 0.1) is 5.41 Å². The van der Waals surface area contributed by atoms with E-state index < -0.39 is 12.1 Å². The molecule has 1 rings (SSSR count). The van der Waals surface area contributed by atoms with Crippen molar-refractivity contribution >= 4 is 23.7 Å². The molecule has 18 heavy (non-hydrogen) atoms. The molecule has 0 aliphatic heterocycles. The molecule has 1 aliphatic carbocycles. The maximum Gasteiger partial charge on any atom is 0.407 e. The fourth-order valence-electron chi connectivity index (χ4n) is 2.48. The molecule has 1 saturated carbocycles. The van der Waals surface area contributed by atoms with Crippen LogP contribution in [-0.4, -0.2) is 36.2 Å². The molecule has 0 radical (unpaired) electrons. The number of ether oxygens (including phenoxy) is 1. The number of carbonyl (C=O) groups is 2. The van der Waals surface area contributed by atoms with Crippen LogP contribution < -0.4 is 5.32 Å². The first-order valence-electron chi connectivity index (χ1n) is 6.26. The fraction of sp³-hybridized carbons (Fsp3) is 0.833. The highest BCUT2D eigenvalue weighted by Gasteiger charge is 2.34. The van der Waals surface area contributed by atoms with Crippen LogP contribution in [0.15, 0.2) is 0 Å². The van der Waals surface area contributed by atoms with Gasteiger partial charge < -0.3 is 15.2 Å². The zero-order chi connectivity index (χ0) is 13.4. The number of amides is 1. The lowest BCUT2D eigenvalue weighted by atomic mass is 9.72. The molecule has 5 nitrogen and oxygen atoms in total. The summed E-state index contributed by atoms with van der Waals surface area (Å²) in [6.45, 7) is 0.528. The third-order valence-electron chi connectivity index (χ3n) is 3.36. The van der Waals surface area contributed by atoms with Crippen molar-refractivity contribution in [2.75, 3.05) is 19.0 Å². The number of carboxylic acid groups (broad SMARTS) is 1. The van der Waals surface area contributed by atoms with Gasteiger partial charge >= 0.3 is 12.1 Å². The Morgan fingerprint density at radius 1 is 1.28 bits per heavy atom. The predicted molar refractivity (Wildman–Crippen MR) is 67.8 cm³/mol. The molecule has 0 saturated heterocycles. The summed E-state index contributed by atoms with van der Waals surface area (Å²) < 4.78 is 4.80. The molecule has 1 fully saturated rings. The van der Waals surface area contributed by atoms with E-state index in [1.165, 1.54) is 0 Å². The molecule has 6 heteroatoms. The van der Waals surface area contributed by atoms with E-state index in [4.69, 9.17) is 21.4 Å². The molecule has 0 unspecified atom stereocenters. The average Bonchev–Trinajstić information content (AvgIpc) is 2.34. The van der Waals surface area contributed by atoms with E-state index in [0.717, 1.165) is 32.1 Å². The second kappa shape index (κ2) is 7.46. The van der Waals surface area contributed by atoms with Gasteiger partial charge in [-0.05, 0) is 18.3 Å². The molecule has 1 amide bonds. The SMILES string of the molecule is O=C(O)CC1(CNC(=O)OCCCl)CCCCC1. The van der Waals surface area contributed by atoms with Gasteiger partial charge in [-0.3, -0.25) is 4.79 Å². The number of carboxylic acids is 1. The molecular formula is C12H20ClNO4. The van der Waals surface area contributed by atoms with Gasteiger partial charge in [0.05, 0.1) is 12.3 Å². The number of hydrogen-bond acceptors (Lipinski definition) is 3. The largest absolute Gasteiger partial charge is 0.481 e. The van der Waals surface area contributed by atoms with Crippen LogP contribution in [0.1, 0.15) is 38.5 Å². The van der Waals surface area contributed by atoms with Crippen molar-refractivity contribution in [1.29, 1.82) is 0 Å².